The Balaban J connectivity index is 0.00000128. The van der Waals surface area contributed by atoms with Crippen molar-refractivity contribution < 1.29 is 4.74 Å². The van der Waals surface area contributed by atoms with Gasteiger partial charge < -0.3 is 4.74 Å². The molecule has 0 bridgehead atoms. The topological polar surface area (TPSA) is 9.23 Å². The van der Waals surface area contributed by atoms with E-state index >= 15 is 0 Å². The normalized spacial score (nSPS) is 9.50. The van der Waals surface area contributed by atoms with Gasteiger partial charge in [-0.2, -0.15) is 0 Å². The quantitative estimate of drug-likeness (QED) is 0.822. The first-order valence-corrected chi connectivity index (χ1v) is 5.11. The molecule has 0 radical (unpaired) electrons. The van der Waals surface area contributed by atoms with Gasteiger partial charge in [0.1, 0.15) is 0 Å². The molecule has 0 amide bonds. The van der Waals surface area contributed by atoms with Crippen molar-refractivity contribution >= 4 is 17.0 Å². The molecule has 0 aromatic heterocycles. The molecule has 2 heteroatoms. The predicted octanol–water partition coefficient (Wildman–Crippen LogP) is 3.98. The second-order valence-electron chi connectivity index (χ2n) is 3.46. The van der Waals surface area contributed by atoms with Crippen LogP contribution in [0.25, 0.3) is 0 Å². The average Bonchev–Trinajstić information content (AvgIpc) is 2.32. The van der Waals surface area contributed by atoms with Crippen LogP contribution in [0.4, 0.5) is 0 Å². The fourth-order valence-electron chi connectivity index (χ4n) is 1.44. The molecule has 84 valence electrons. The first-order chi connectivity index (χ1) is 7.45. The Labute approximate surface area is 107 Å². The molecule has 0 saturated carbocycles. The summed E-state index contributed by atoms with van der Waals surface area (Å²) in [5.74, 6) is 0. The minimum Gasteiger partial charge on any atom is -0.372 e. The van der Waals surface area contributed by atoms with E-state index in [0.717, 1.165) is 0 Å². The van der Waals surface area contributed by atoms with Crippen LogP contribution in [0.3, 0.4) is 0 Å². The monoisotopic (exact) mass is 278 g/mol. The largest absolute Gasteiger partial charge is 0.372 e. The van der Waals surface area contributed by atoms with Crippen molar-refractivity contribution in [3.63, 3.8) is 0 Å². The molecule has 16 heavy (non-hydrogen) atoms. The maximum absolute atomic E-state index is 5.61. The Kier molecular flexibility index (Phi) is 5.83. The molecule has 0 fully saturated rings. The van der Waals surface area contributed by atoms with E-state index in [2.05, 4.69) is 24.3 Å². The molecule has 0 aliphatic heterocycles. The van der Waals surface area contributed by atoms with Gasteiger partial charge in [0.15, 0.2) is 0 Å². The Hall–Kier alpha value is -1.12. The van der Waals surface area contributed by atoms with E-state index in [1.165, 1.54) is 11.1 Å². The number of benzene rings is 2. The Morgan fingerprint density at radius 3 is 1.38 bits per heavy atom. The van der Waals surface area contributed by atoms with Crippen LogP contribution in [0.15, 0.2) is 60.7 Å². The Morgan fingerprint density at radius 1 is 0.625 bits per heavy atom. The number of hydrogen-bond acceptors (Lipinski definition) is 1. The zero-order valence-corrected chi connectivity index (χ0v) is 10.7. The summed E-state index contributed by atoms with van der Waals surface area (Å²) in [4.78, 5) is 0. The van der Waals surface area contributed by atoms with Gasteiger partial charge in [-0.15, -0.1) is 17.0 Å². The molecule has 1 nitrogen and oxygen atoms in total. The highest BCUT2D eigenvalue weighted by Gasteiger charge is 1.93. The standard InChI is InChI=1S/C14H14O.BrH/c1-3-7-13(8-4-1)11-15-12-14-9-5-2-6-10-14;/h1-10H,11-12H2;1H. The third-order valence-corrected chi connectivity index (χ3v) is 2.22. The number of hydrogen-bond donors (Lipinski definition) is 0. The van der Waals surface area contributed by atoms with Gasteiger partial charge in [-0.05, 0) is 11.1 Å². The first kappa shape index (κ1) is 12.9. The summed E-state index contributed by atoms with van der Waals surface area (Å²) in [6.45, 7) is 1.35. The summed E-state index contributed by atoms with van der Waals surface area (Å²) in [5.41, 5.74) is 2.43. The number of rotatable bonds is 4. The van der Waals surface area contributed by atoms with Crippen molar-refractivity contribution in [1.82, 2.24) is 0 Å². The van der Waals surface area contributed by atoms with E-state index in [0.29, 0.717) is 13.2 Å². The zero-order chi connectivity index (χ0) is 10.3. The molecule has 0 heterocycles. The van der Waals surface area contributed by atoms with Gasteiger partial charge in [0.25, 0.3) is 0 Å². The molecule has 0 spiro atoms. The third kappa shape index (κ3) is 4.17. The van der Waals surface area contributed by atoms with Crippen LogP contribution in [0, 0.1) is 0 Å². The Morgan fingerprint density at radius 2 is 1.00 bits per heavy atom. The van der Waals surface area contributed by atoms with Crippen molar-refractivity contribution in [2.45, 2.75) is 13.2 Å². The van der Waals surface area contributed by atoms with Gasteiger partial charge in [0.05, 0.1) is 13.2 Å². The van der Waals surface area contributed by atoms with Crippen molar-refractivity contribution in [2.75, 3.05) is 0 Å². The molecule has 2 rings (SSSR count). The minimum absolute atomic E-state index is 0. The number of ether oxygens (including phenoxy) is 1. The van der Waals surface area contributed by atoms with E-state index in [9.17, 15) is 0 Å². The highest BCUT2D eigenvalue weighted by Crippen LogP contribution is 2.05. The lowest BCUT2D eigenvalue weighted by Crippen LogP contribution is -1.93. The van der Waals surface area contributed by atoms with Crippen LogP contribution < -0.4 is 0 Å². The van der Waals surface area contributed by atoms with Crippen LogP contribution in [-0.2, 0) is 18.0 Å². The van der Waals surface area contributed by atoms with Gasteiger partial charge in [-0.1, -0.05) is 60.7 Å². The molecular formula is C14H15BrO. The molecule has 2 aromatic rings. The van der Waals surface area contributed by atoms with Gasteiger partial charge >= 0.3 is 0 Å². The van der Waals surface area contributed by atoms with Crippen LogP contribution in [-0.4, -0.2) is 0 Å². The lowest BCUT2D eigenvalue weighted by molar-refractivity contribution is 0.107. The first-order valence-electron chi connectivity index (χ1n) is 5.11. The lowest BCUT2D eigenvalue weighted by atomic mass is 10.2. The van der Waals surface area contributed by atoms with Crippen molar-refractivity contribution in [3.05, 3.63) is 71.8 Å². The summed E-state index contributed by atoms with van der Waals surface area (Å²) in [6.07, 6.45) is 0. The smallest absolute Gasteiger partial charge is 0.0721 e. The van der Waals surface area contributed by atoms with Gasteiger partial charge in [-0.3, -0.25) is 0 Å². The van der Waals surface area contributed by atoms with Crippen LogP contribution >= 0.6 is 17.0 Å². The summed E-state index contributed by atoms with van der Waals surface area (Å²) in [5, 5.41) is 0. The highest BCUT2D eigenvalue weighted by atomic mass is 79.9. The zero-order valence-electron chi connectivity index (χ0n) is 9.00. The summed E-state index contributed by atoms with van der Waals surface area (Å²) < 4.78 is 5.61. The predicted molar refractivity (Wildman–Crippen MR) is 71.7 cm³/mol. The molecule has 0 aliphatic carbocycles. The van der Waals surface area contributed by atoms with Crippen LogP contribution in [0.2, 0.25) is 0 Å². The average molecular weight is 279 g/mol. The van der Waals surface area contributed by atoms with Crippen molar-refractivity contribution in [1.29, 1.82) is 0 Å². The van der Waals surface area contributed by atoms with Gasteiger partial charge in [-0.25, -0.2) is 0 Å². The SMILES string of the molecule is Br.c1ccc(COCc2ccccc2)cc1. The molecule has 2 aromatic carbocycles. The van der Waals surface area contributed by atoms with Crippen molar-refractivity contribution in [3.8, 4) is 0 Å². The van der Waals surface area contributed by atoms with Crippen LogP contribution in [0.5, 0.6) is 0 Å². The fourth-order valence-corrected chi connectivity index (χ4v) is 1.44. The lowest BCUT2D eigenvalue weighted by Gasteiger charge is -2.03. The van der Waals surface area contributed by atoms with Crippen LogP contribution in [0.1, 0.15) is 11.1 Å². The summed E-state index contributed by atoms with van der Waals surface area (Å²) in [7, 11) is 0. The second kappa shape index (κ2) is 7.20. The van der Waals surface area contributed by atoms with E-state index in [4.69, 9.17) is 4.74 Å². The minimum atomic E-state index is 0. The molecular weight excluding hydrogens is 264 g/mol. The Bertz CT molecular complexity index is 346. The van der Waals surface area contributed by atoms with Crippen molar-refractivity contribution in [2.24, 2.45) is 0 Å². The molecule has 0 unspecified atom stereocenters. The fraction of sp³-hybridized carbons (Fsp3) is 0.143. The maximum Gasteiger partial charge on any atom is 0.0721 e. The van der Waals surface area contributed by atoms with Gasteiger partial charge in [0.2, 0.25) is 0 Å². The summed E-state index contributed by atoms with van der Waals surface area (Å²) in [6, 6.07) is 20.4. The molecule has 0 aliphatic rings. The van der Waals surface area contributed by atoms with Gasteiger partial charge in [0, 0.05) is 0 Å². The second-order valence-corrected chi connectivity index (χ2v) is 3.46. The maximum atomic E-state index is 5.61. The number of halogens is 1. The van der Waals surface area contributed by atoms with E-state index in [1.807, 2.05) is 36.4 Å². The molecule has 0 saturated heterocycles. The van der Waals surface area contributed by atoms with E-state index in [1.54, 1.807) is 0 Å². The molecule has 0 N–H and O–H groups in total. The molecule has 0 atom stereocenters. The van der Waals surface area contributed by atoms with E-state index in [-0.39, 0.29) is 17.0 Å². The highest BCUT2D eigenvalue weighted by molar-refractivity contribution is 8.93. The van der Waals surface area contributed by atoms with E-state index < -0.39 is 0 Å². The summed E-state index contributed by atoms with van der Waals surface area (Å²) >= 11 is 0. The third-order valence-electron chi connectivity index (χ3n) is 2.22.